The van der Waals surface area contributed by atoms with Crippen LogP contribution in [0.2, 0.25) is 0 Å². The molecular formula is C26H28F3N3O2. The SMILES string of the molecule is CC(C)c1c(C(=O)Nc2cc(CC(N)=O)ccc2C(F)(F)F)ccn1CCCc1ccccc1. The number of nitrogens with one attached hydrogen (secondary N) is 1. The summed E-state index contributed by atoms with van der Waals surface area (Å²) in [5, 5.41) is 2.41. The van der Waals surface area contributed by atoms with Gasteiger partial charge in [0.05, 0.1) is 23.2 Å². The number of anilines is 1. The summed E-state index contributed by atoms with van der Waals surface area (Å²) in [5.74, 6) is -1.32. The number of hydrogen-bond donors (Lipinski definition) is 2. The summed E-state index contributed by atoms with van der Waals surface area (Å²) in [6.45, 7) is 4.56. The maximum Gasteiger partial charge on any atom is 0.418 e. The molecule has 1 aromatic heterocycles. The second-order valence-electron chi connectivity index (χ2n) is 8.53. The zero-order valence-corrected chi connectivity index (χ0v) is 19.2. The van der Waals surface area contributed by atoms with Crippen LogP contribution in [0.25, 0.3) is 0 Å². The van der Waals surface area contributed by atoms with Crippen LogP contribution in [0.3, 0.4) is 0 Å². The number of primary amides is 1. The second kappa shape index (κ2) is 10.6. The third-order valence-corrected chi connectivity index (χ3v) is 5.52. The Hall–Kier alpha value is -3.55. The highest BCUT2D eigenvalue weighted by Gasteiger charge is 2.34. The van der Waals surface area contributed by atoms with Gasteiger partial charge in [-0.1, -0.05) is 50.2 Å². The Kier molecular flexibility index (Phi) is 7.81. The van der Waals surface area contributed by atoms with Crippen molar-refractivity contribution >= 4 is 17.5 Å². The fourth-order valence-corrected chi connectivity index (χ4v) is 4.06. The van der Waals surface area contributed by atoms with E-state index in [1.807, 2.05) is 36.6 Å². The van der Waals surface area contributed by atoms with E-state index in [0.29, 0.717) is 17.7 Å². The molecule has 0 unspecified atom stereocenters. The molecule has 3 aromatic rings. The minimum Gasteiger partial charge on any atom is -0.369 e. The molecule has 34 heavy (non-hydrogen) atoms. The summed E-state index contributed by atoms with van der Waals surface area (Å²) in [6, 6.07) is 14.9. The number of rotatable bonds is 9. The van der Waals surface area contributed by atoms with Crippen LogP contribution < -0.4 is 11.1 Å². The Bertz CT molecular complexity index is 1150. The number of alkyl halides is 3. The van der Waals surface area contributed by atoms with E-state index in [1.54, 1.807) is 12.3 Å². The molecule has 8 heteroatoms. The molecule has 0 saturated carbocycles. The lowest BCUT2D eigenvalue weighted by Crippen LogP contribution is -2.20. The monoisotopic (exact) mass is 471 g/mol. The van der Waals surface area contributed by atoms with Gasteiger partial charge >= 0.3 is 6.18 Å². The lowest BCUT2D eigenvalue weighted by atomic mass is 10.0. The van der Waals surface area contributed by atoms with E-state index in [4.69, 9.17) is 5.73 Å². The molecule has 180 valence electrons. The van der Waals surface area contributed by atoms with Gasteiger partial charge in [-0.2, -0.15) is 13.2 Å². The first-order valence-corrected chi connectivity index (χ1v) is 11.1. The van der Waals surface area contributed by atoms with Gasteiger partial charge in [-0.3, -0.25) is 9.59 Å². The van der Waals surface area contributed by atoms with Crippen molar-refractivity contribution in [3.63, 3.8) is 0 Å². The average Bonchev–Trinajstić information content (AvgIpc) is 3.18. The molecular weight excluding hydrogens is 443 g/mol. The minimum atomic E-state index is -4.67. The Morgan fingerprint density at radius 1 is 1.03 bits per heavy atom. The number of aromatic nitrogens is 1. The first-order chi connectivity index (χ1) is 16.1. The molecule has 3 rings (SSSR count). The highest BCUT2D eigenvalue weighted by molar-refractivity contribution is 6.05. The Morgan fingerprint density at radius 2 is 1.74 bits per heavy atom. The number of benzene rings is 2. The molecule has 0 radical (unpaired) electrons. The van der Waals surface area contributed by atoms with Gasteiger partial charge in [0.2, 0.25) is 5.91 Å². The van der Waals surface area contributed by atoms with Crippen molar-refractivity contribution in [3.8, 4) is 0 Å². The number of amides is 2. The van der Waals surface area contributed by atoms with E-state index >= 15 is 0 Å². The maximum absolute atomic E-state index is 13.5. The van der Waals surface area contributed by atoms with Crippen LogP contribution in [0, 0.1) is 0 Å². The van der Waals surface area contributed by atoms with Crippen LogP contribution in [0.1, 0.15) is 58.9 Å². The van der Waals surface area contributed by atoms with Crippen LogP contribution in [-0.2, 0) is 30.4 Å². The zero-order valence-electron chi connectivity index (χ0n) is 19.2. The summed E-state index contributed by atoms with van der Waals surface area (Å²) in [7, 11) is 0. The molecule has 0 bridgehead atoms. The van der Waals surface area contributed by atoms with Gasteiger partial charge in [0, 0.05) is 18.4 Å². The molecule has 0 aliphatic carbocycles. The van der Waals surface area contributed by atoms with Gasteiger partial charge < -0.3 is 15.6 Å². The van der Waals surface area contributed by atoms with Crippen LogP contribution in [-0.4, -0.2) is 16.4 Å². The highest BCUT2D eigenvalue weighted by atomic mass is 19.4. The van der Waals surface area contributed by atoms with E-state index in [2.05, 4.69) is 17.4 Å². The van der Waals surface area contributed by atoms with E-state index in [-0.39, 0.29) is 12.3 Å². The molecule has 2 aromatic carbocycles. The molecule has 0 aliphatic heterocycles. The fraction of sp³-hybridized carbons (Fsp3) is 0.308. The van der Waals surface area contributed by atoms with E-state index in [9.17, 15) is 22.8 Å². The van der Waals surface area contributed by atoms with E-state index < -0.39 is 29.2 Å². The number of hydrogen-bond acceptors (Lipinski definition) is 2. The predicted molar refractivity (Wildman–Crippen MR) is 126 cm³/mol. The Morgan fingerprint density at radius 3 is 2.35 bits per heavy atom. The number of nitrogens with zero attached hydrogens (tertiary/aromatic N) is 1. The van der Waals surface area contributed by atoms with Crippen molar-refractivity contribution in [2.75, 3.05) is 5.32 Å². The first-order valence-electron chi connectivity index (χ1n) is 11.1. The zero-order chi connectivity index (χ0) is 24.9. The smallest absolute Gasteiger partial charge is 0.369 e. The lowest BCUT2D eigenvalue weighted by molar-refractivity contribution is -0.136. The summed E-state index contributed by atoms with van der Waals surface area (Å²) in [5.41, 5.74) is 6.37. The molecule has 0 fully saturated rings. The second-order valence-corrected chi connectivity index (χ2v) is 8.53. The highest BCUT2D eigenvalue weighted by Crippen LogP contribution is 2.36. The summed E-state index contributed by atoms with van der Waals surface area (Å²) >= 11 is 0. The van der Waals surface area contributed by atoms with Crippen LogP contribution in [0.5, 0.6) is 0 Å². The van der Waals surface area contributed by atoms with Gasteiger partial charge in [0.25, 0.3) is 5.91 Å². The largest absolute Gasteiger partial charge is 0.418 e. The summed E-state index contributed by atoms with van der Waals surface area (Å²) in [4.78, 5) is 24.3. The minimum absolute atomic E-state index is 0.0178. The first kappa shape index (κ1) is 25.1. The molecule has 0 spiro atoms. The number of nitrogens with two attached hydrogens (primary N) is 1. The van der Waals surface area contributed by atoms with Gasteiger partial charge in [-0.25, -0.2) is 0 Å². The maximum atomic E-state index is 13.5. The molecule has 0 saturated heterocycles. The Labute approximate surface area is 196 Å². The Balaban J connectivity index is 1.83. The fourth-order valence-electron chi connectivity index (χ4n) is 4.06. The van der Waals surface area contributed by atoms with Crippen molar-refractivity contribution in [1.82, 2.24) is 4.57 Å². The molecule has 0 atom stereocenters. The van der Waals surface area contributed by atoms with Gasteiger partial charge in [0.15, 0.2) is 0 Å². The third-order valence-electron chi connectivity index (χ3n) is 5.52. The predicted octanol–water partition coefficient (Wildman–Crippen LogP) is 5.54. The number of carbonyl (C=O) groups excluding carboxylic acids is 2. The normalized spacial score (nSPS) is 11.6. The molecule has 0 aliphatic rings. The van der Waals surface area contributed by atoms with E-state index in [0.717, 1.165) is 30.7 Å². The van der Waals surface area contributed by atoms with Gasteiger partial charge in [0.1, 0.15) is 0 Å². The third kappa shape index (κ3) is 6.27. The average molecular weight is 472 g/mol. The molecule has 1 heterocycles. The standard InChI is InChI=1S/C26H28F3N3O2/c1-17(2)24-20(12-14-32(24)13-6-9-18-7-4-3-5-8-18)25(34)31-22-15-19(16-23(30)33)10-11-21(22)26(27,28)29/h3-5,7-8,10-12,14-15,17H,6,9,13,16H2,1-2H3,(H2,30,33)(H,31,34). The van der Waals surface area contributed by atoms with Crippen LogP contribution >= 0.6 is 0 Å². The molecule has 2 amide bonds. The summed E-state index contributed by atoms with van der Waals surface area (Å²) < 4.78 is 42.6. The van der Waals surface area contributed by atoms with Gasteiger partial charge in [-0.05, 0) is 48.1 Å². The van der Waals surface area contributed by atoms with Crippen molar-refractivity contribution in [2.45, 2.75) is 51.7 Å². The topological polar surface area (TPSA) is 77.1 Å². The van der Waals surface area contributed by atoms with E-state index in [1.165, 1.54) is 11.6 Å². The summed E-state index contributed by atoms with van der Waals surface area (Å²) in [6.07, 6.45) is -1.37. The molecule has 5 nitrogen and oxygen atoms in total. The van der Waals surface area contributed by atoms with Crippen molar-refractivity contribution in [2.24, 2.45) is 5.73 Å². The quantitative estimate of drug-likeness (QED) is 0.430. The van der Waals surface area contributed by atoms with Crippen LogP contribution in [0.15, 0.2) is 60.8 Å². The van der Waals surface area contributed by atoms with Gasteiger partial charge in [-0.15, -0.1) is 0 Å². The molecule has 3 N–H and O–H groups in total. The van der Waals surface area contributed by atoms with Crippen LogP contribution in [0.4, 0.5) is 18.9 Å². The van der Waals surface area contributed by atoms with Crippen molar-refractivity contribution < 1.29 is 22.8 Å². The van der Waals surface area contributed by atoms with Crippen molar-refractivity contribution in [3.05, 3.63) is 88.7 Å². The van der Waals surface area contributed by atoms with Crippen molar-refractivity contribution in [1.29, 1.82) is 0 Å². The number of carbonyl (C=O) groups is 2. The lowest BCUT2D eigenvalue weighted by Gasteiger charge is -2.17. The number of aryl methyl sites for hydroxylation is 2. The number of halogens is 3.